The molecule has 4 heteroatoms. The number of halogens is 1. The van der Waals surface area contributed by atoms with Crippen LogP contribution < -0.4 is 10.5 Å². The predicted molar refractivity (Wildman–Crippen MR) is 59.5 cm³/mol. The number of ether oxygens (including phenoxy) is 1. The third-order valence-corrected chi connectivity index (χ3v) is 1.91. The highest BCUT2D eigenvalue weighted by Gasteiger charge is 1.99. The van der Waals surface area contributed by atoms with Crippen LogP contribution >= 0.6 is 0 Å². The van der Waals surface area contributed by atoms with E-state index >= 15 is 0 Å². The Balaban J connectivity index is 2.37. The summed E-state index contributed by atoms with van der Waals surface area (Å²) in [5.74, 6) is 0.129. The van der Waals surface area contributed by atoms with Crippen LogP contribution in [0.2, 0.25) is 0 Å². The fourth-order valence-electron chi connectivity index (χ4n) is 1.24. The minimum Gasteiger partial charge on any atom is -0.493 e. The molecule has 1 rings (SSSR count). The van der Waals surface area contributed by atoms with Crippen LogP contribution in [-0.4, -0.2) is 32.1 Å². The molecule has 0 aliphatic carbocycles. The summed E-state index contributed by atoms with van der Waals surface area (Å²) in [5.41, 5.74) is 5.87. The van der Waals surface area contributed by atoms with Gasteiger partial charge >= 0.3 is 0 Å². The van der Waals surface area contributed by atoms with E-state index in [1.54, 1.807) is 6.07 Å². The first-order valence-electron chi connectivity index (χ1n) is 4.91. The van der Waals surface area contributed by atoms with Gasteiger partial charge < -0.3 is 15.4 Å². The van der Waals surface area contributed by atoms with E-state index in [9.17, 15) is 4.39 Å². The lowest BCUT2D eigenvalue weighted by Gasteiger charge is -2.10. The summed E-state index contributed by atoms with van der Waals surface area (Å²) < 4.78 is 18.3. The number of nitrogens with two attached hydrogens (primary N) is 1. The minimum absolute atomic E-state index is 0.363. The van der Waals surface area contributed by atoms with Gasteiger partial charge in [0.05, 0.1) is 6.61 Å². The molecule has 0 heterocycles. The first-order valence-corrected chi connectivity index (χ1v) is 4.91. The molecule has 0 aromatic heterocycles. The smallest absolute Gasteiger partial charge is 0.128 e. The average Bonchev–Trinajstić information content (AvgIpc) is 2.10. The topological polar surface area (TPSA) is 38.5 Å². The Morgan fingerprint density at radius 2 is 2.07 bits per heavy atom. The van der Waals surface area contributed by atoms with Crippen molar-refractivity contribution in [2.24, 2.45) is 0 Å². The maximum Gasteiger partial charge on any atom is 0.128 e. The highest BCUT2D eigenvalue weighted by Crippen LogP contribution is 2.17. The lowest BCUT2D eigenvalue weighted by atomic mass is 10.3. The van der Waals surface area contributed by atoms with Gasteiger partial charge in [-0.2, -0.15) is 0 Å². The van der Waals surface area contributed by atoms with Crippen molar-refractivity contribution in [2.75, 3.05) is 33.0 Å². The summed E-state index contributed by atoms with van der Waals surface area (Å²) in [7, 11) is 4.00. The molecule has 0 saturated carbocycles. The molecule has 0 fully saturated rings. The Hall–Kier alpha value is -1.29. The highest BCUT2D eigenvalue weighted by molar-refractivity contribution is 5.44. The SMILES string of the molecule is CN(C)CCCOc1cc(N)cc(F)c1. The standard InChI is InChI=1S/C11H17FN2O/c1-14(2)4-3-5-15-11-7-9(12)6-10(13)8-11/h6-8H,3-5,13H2,1-2H3. The molecular formula is C11H17FN2O. The molecule has 15 heavy (non-hydrogen) atoms. The molecule has 1 aromatic carbocycles. The summed E-state index contributed by atoms with van der Waals surface area (Å²) in [4.78, 5) is 2.07. The molecule has 0 bridgehead atoms. The normalized spacial score (nSPS) is 10.7. The number of nitrogen functional groups attached to an aromatic ring is 1. The quantitative estimate of drug-likeness (QED) is 0.597. The maximum absolute atomic E-state index is 12.9. The molecule has 0 atom stereocenters. The van der Waals surface area contributed by atoms with Gasteiger partial charge in [-0.25, -0.2) is 4.39 Å². The maximum atomic E-state index is 12.9. The third-order valence-electron chi connectivity index (χ3n) is 1.91. The van der Waals surface area contributed by atoms with Gasteiger partial charge in [0.25, 0.3) is 0 Å². The van der Waals surface area contributed by atoms with E-state index in [1.807, 2.05) is 14.1 Å². The zero-order chi connectivity index (χ0) is 11.3. The second kappa shape index (κ2) is 5.56. The number of hydrogen-bond acceptors (Lipinski definition) is 3. The van der Waals surface area contributed by atoms with Crippen molar-refractivity contribution < 1.29 is 9.13 Å². The van der Waals surface area contributed by atoms with Gasteiger partial charge in [0.1, 0.15) is 11.6 Å². The Morgan fingerprint density at radius 1 is 1.33 bits per heavy atom. The second-order valence-electron chi connectivity index (χ2n) is 3.73. The molecule has 0 radical (unpaired) electrons. The first kappa shape index (κ1) is 11.8. The van der Waals surface area contributed by atoms with E-state index in [4.69, 9.17) is 10.5 Å². The van der Waals surface area contributed by atoms with Crippen molar-refractivity contribution in [3.05, 3.63) is 24.0 Å². The van der Waals surface area contributed by atoms with Gasteiger partial charge in [0, 0.05) is 24.4 Å². The molecule has 0 unspecified atom stereocenters. The third kappa shape index (κ3) is 4.65. The fraction of sp³-hybridized carbons (Fsp3) is 0.455. The lowest BCUT2D eigenvalue weighted by molar-refractivity contribution is 0.281. The molecular weight excluding hydrogens is 195 g/mol. The largest absolute Gasteiger partial charge is 0.493 e. The van der Waals surface area contributed by atoms with Gasteiger partial charge in [-0.1, -0.05) is 0 Å². The van der Waals surface area contributed by atoms with Crippen LogP contribution in [0.5, 0.6) is 5.75 Å². The van der Waals surface area contributed by atoms with E-state index < -0.39 is 0 Å². The van der Waals surface area contributed by atoms with Gasteiger partial charge in [0.2, 0.25) is 0 Å². The summed E-state index contributed by atoms with van der Waals surface area (Å²) in [6.07, 6.45) is 0.906. The van der Waals surface area contributed by atoms with Gasteiger partial charge in [0.15, 0.2) is 0 Å². The molecule has 84 valence electrons. The minimum atomic E-state index is -0.363. The zero-order valence-corrected chi connectivity index (χ0v) is 9.16. The van der Waals surface area contributed by atoms with E-state index in [0.717, 1.165) is 13.0 Å². The Kier molecular flexibility index (Phi) is 4.37. The number of nitrogens with zero attached hydrogens (tertiary/aromatic N) is 1. The fourth-order valence-corrected chi connectivity index (χ4v) is 1.24. The summed E-state index contributed by atoms with van der Waals surface area (Å²) >= 11 is 0. The number of rotatable bonds is 5. The Bertz CT molecular complexity index is 295. The average molecular weight is 212 g/mol. The molecule has 3 nitrogen and oxygen atoms in total. The first-order chi connectivity index (χ1) is 7.08. The van der Waals surface area contributed by atoms with Crippen molar-refractivity contribution in [1.82, 2.24) is 4.90 Å². The van der Waals surface area contributed by atoms with Crippen molar-refractivity contribution in [2.45, 2.75) is 6.42 Å². The molecule has 2 N–H and O–H groups in total. The van der Waals surface area contributed by atoms with Crippen LogP contribution in [0.25, 0.3) is 0 Å². The van der Waals surface area contributed by atoms with Crippen molar-refractivity contribution in [3.8, 4) is 5.75 Å². The lowest BCUT2D eigenvalue weighted by Crippen LogP contribution is -2.15. The van der Waals surface area contributed by atoms with Crippen LogP contribution in [0, 0.1) is 5.82 Å². The van der Waals surface area contributed by atoms with Crippen molar-refractivity contribution >= 4 is 5.69 Å². The van der Waals surface area contributed by atoms with E-state index in [0.29, 0.717) is 18.0 Å². The predicted octanol–water partition coefficient (Wildman–Crippen LogP) is 1.74. The van der Waals surface area contributed by atoms with E-state index in [2.05, 4.69) is 4.90 Å². The Labute approximate surface area is 89.6 Å². The second-order valence-corrected chi connectivity index (χ2v) is 3.73. The van der Waals surface area contributed by atoms with Gasteiger partial charge in [-0.3, -0.25) is 0 Å². The van der Waals surface area contributed by atoms with Crippen LogP contribution in [0.4, 0.5) is 10.1 Å². The van der Waals surface area contributed by atoms with E-state index in [1.165, 1.54) is 12.1 Å². The molecule has 0 amide bonds. The Morgan fingerprint density at radius 3 is 2.67 bits per heavy atom. The molecule has 0 aliphatic rings. The van der Waals surface area contributed by atoms with Crippen LogP contribution in [0.3, 0.4) is 0 Å². The molecule has 0 aliphatic heterocycles. The zero-order valence-electron chi connectivity index (χ0n) is 9.16. The monoisotopic (exact) mass is 212 g/mol. The highest BCUT2D eigenvalue weighted by atomic mass is 19.1. The van der Waals surface area contributed by atoms with Crippen LogP contribution in [0.1, 0.15) is 6.42 Å². The van der Waals surface area contributed by atoms with Crippen molar-refractivity contribution in [3.63, 3.8) is 0 Å². The molecule has 0 saturated heterocycles. The number of hydrogen-bond donors (Lipinski definition) is 1. The van der Waals surface area contributed by atoms with Gasteiger partial charge in [-0.15, -0.1) is 0 Å². The van der Waals surface area contributed by atoms with Gasteiger partial charge in [-0.05, 0) is 26.6 Å². The summed E-state index contributed by atoms with van der Waals surface area (Å²) in [6.45, 7) is 1.52. The van der Waals surface area contributed by atoms with Crippen LogP contribution in [0.15, 0.2) is 18.2 Å². The molecule has 1 aromatic rings. The summed E-state index contributed by atoms with van der Waals surface area (Å²) in [5, 5.41) is 0. The molecule has 0 spiro atoms. The van der Waals surface area contributed by atoms with Crippen LogP contribution in [-0.2, 0) is 0 Å². The van der Waals surface area contributed by atoms with Crippen molar-refractivity contribution in [1.29, 1.82) is 0 Å². The van der Waals surface area contributed by atoms with E-state index in [-0.39, 0.29) is 5.82 Å². The number of anilines is 1. The summed E-state index contributed by atoms with van der Waals surface area (Å²) in [6, 6.07) is 4.23. The number of benzene rings is 1.